The van der Waals surface area contributed by atoms with Gasteiger partial charge in [0, 0.05) is 18.8 Å². The van der Waals surface area contributed by atoms with Crippen LogP contribution < -0.4 is 5.32 Å². The van der Waals surface area contributed by atoms with Crippen LogP contribution in [0.3, 0.4) is 0 Å². The molecule has 4 heteroatoms. The third-order valence-electron chi connectivity index (χ3n) is 2.06. The van der Waals surface area contributed by atoms with Crippen molar-refractivity contribution in [2.24, 2.45) is 0 Å². The SMILES string of the molecule is CCc1cn(CCCNC(C)C)nn1. The van der Waals surface area contributed by atoms with E-state index >= 15 is 0 Å². The molecular formula is C10H20N4. The first-order valence-electron chi connectivity index (χ1n) is 5.34. The van der Waals surface area contributed by atoms with Crippen LogP contribution in [0.25, 0.3) is 0 Å². The summed E-state index contributed by atoms with van der Waals surface area (Å²) in [5, 5.41) is 11.5. The first-order chi connectivity index (χ1) is 6.72. The van der Waals surface area contributed by atoms with Gasteiger partial charge in [0.2, 0.25) is 0 Å². The summed E-state index contributed by atoms with van der Waals surface area (Å²) in [5.41, 5.74) is 1.07. The largest absolute Gasteiger partial charge is 0.314 e. The van der Waals surface area contributed by atoms with Crippen LogP contribution in [0.2, 0.25) is 0 Å². The predicted molar refractivity (Wildman–Crippen MR) is 57.2 cm³/mol. The molecule has 0 radical (unpaired) electrons. The normalized spacial score (nSPS) is 11.1. The van der Waals surface area contributed by atoms with Gasteiger partial charge in [-0.15, -0.1) is 5.10 Å². The number of aryl methyl sites for hydroxylation is 2. The number of nitrogens with one attached hydrogen (secondary N) is 1. The maximum absolute atomic E-state index is 4.04. The molecule has 1 rings (SSSR count). The third kappa shape index (κ3) is 3.87. The molecule has 1 heterocycles. The standard InChI is InChI=1S/C10H20N4/c1-4-10-8-14(13-12-10)7-5-6-11-9(2)3/h8-9,11H,4-7H2,1-3H3. The zero-order valence-electron chi connectivity index (χ0n) is 9.32. The summed E-state index contributed by atoms with van der Waals surface area (Å²) in [4.78, 5) is 0. The average molecular weight is 196 g/mol. The summed E-state index contributed by atoms with van der Waals surface area (Å²) in [6, 6.07) is 0.567. The Labute approximate surface area is 85.7 Å². The molecule has 0 atom stereocenters. The third-order valence-corrected chi connectivity index (χ3v) is 2.06. The fourth-order valence-electron chi connectivity index (χ4n) is 1.24. The molecule has 0 bridgehead atoms. The Morgan fingerprint density at radius 1 is 1.50 bits per heavy atom. The Morgan fingerprint density at radius 3 is 2.86 bits per heavy atom. The lowest BCUT2D eigenvalue weighted by Gasteiger charge is -2.06. The molecule has 0 aromatic carbocycles. The number of rotatable bonds is 6. The first-order valence-corrected chi connectivity index (χ1v) is 5.34. The molecule has 0 saturated carbocycles. The predicted octanol–water partition coefficient (Wildman–Crippen LogP) is 1.23. The van der Waals surface area contributed by atoms with Gasteiger partial charge in [-0.2, -0.15) is 0 Å². The van der Waals surface area contributed by atoms with Crippen molar-refractivity contribution in [2.45, 2.75) is 46.2 Å². The van der Waals surface area contributed by atoms with Gasteiger partial charge in [0.15, 0.2) is 0 Å². The minimum absolute atomic E-state index is 0.567. The van der Waals surface area contributed by atoms with E-state index < -0.39 is 0 Å². The molecule has 1 aromatic heterocycles. The Morgan fingerprint density at radius 2 is 2.29 bits per heavy atom. The van der Waals surface area contributed by atoms with E-state index in [-0.39, 0.29) is 0 Å². The van der Waals surface area contributed by atoms with E-state index in [1.54, 1.807) is 0 Å². The summed E-state index contributed by atoms with van der Waals surface area (Å²) < 4.78 is 1.92. The van der Waals surface area contributed by atoms with E-state index in [1.165, 1.54) is 0 Å². The van der Waals surface area contributed by atoms with Crippen molar-refractivity contribution < 1.29 is 0 Å². The highest BCUT2D eigenvalue weighted by atomic mass is 15.4. The van der Waals surface area contributed by atoms with E-state index in [2.05, 4.69) is 36.4 Å². The fraction of sp³-hybridized carbons (Fsp3) is 0.800. The van der Waals surface area contributed by atoms with Gasteiger partial charge in [-0.05, 0) is 19.4 Å². The molecule has 0 saturated heterocycles. The molecular weight excluding hydrogens is 176 g/mol. The molecule has 0 amide bonds. The molecule has 4 nitrogen and oxygen atoms in total. The van der Waals surface area contributed by atoms with Crippen LogP contribution in [0.1, 0.15) is 32.9 Å². The number of hydrogen-bond donors (Lipinski definition) is 1. The molecule has 1 N–H and O–H groups in total. The minimum Gasteiger partial charge on any atom is -0.314 e. The molecule has 0 unspecified atom stereocenters. The van der Waals surface area contributed by atoms with Crippen LogP contribution in [0.15, 0.2) is 6.20 Å². The van der Waals surface area contributed by atoms with Gasteiger partial charge in [-0.3, -0.25) is 4.68 Å². The van der Waals surface area contributed by atoms with Gasteiger partial charge >= 0.3 is 0 Å². The molecule has 0 fully saturated rings. The molecule has 0 aliphatic heterocycles. The molecule has 14 heavy (non-hydrogen) atoms. The lowest BCUT2D eigenvalue weighted by Crippen LogP contribution is -2.24. The second-order valence-electron chi connectivity index (χ2n) is 3.79. The van der Waals surface area contributed by atoms with Gasteiger partial charge in [0.25, 0.3) is 0 Å². The smallest absolute Gasteiger partial charge is 0.0824 e. The van der Waals surface area contributed by atoms with Gasteiger partial charge < -0.3 is 5.32 Å². The number of aromatic nitrogens is 3. The van der Waals surface area contributed by atoms with Crippen molar-refractivity contribution in [1.29, 1.82) is 0 Å². The molecule has 80 valence electrons. The van der Waals surface area contributed by atoms with Crippen molar-refractivity contribution in [1.82, 2.24) is 20.3 Å². The second-order valence-corrected chi connectivity index (χ2v) is 3.79. The maximum Gasteiger partial charge on any atom is 0.0824 e. The lowest BCUT2D eigenvalue weighted by molar-refractivity contribution is 0.505. The van der Waals surface area contributed by atoms with Crippen LogP contribution in [0.4, 0.5) is 0 Å². The quantitative estimate of drug-likeness (QED) is 0.696. The molecule has 1 aromatic rings. The van der Waals surface area contributed by atoms with E-state index in [0.717, 1.165) is 31.6 Å². The zero-order chi connectivity index (χ0) is 10.4. The van der Waals surface area contributed by atoms with Gasteiger partial charge in [-0.1, -0.05) is 26.0 Å². The van der Waals surface area contributed by atoms with Crippen LogP contribution in [0.5, 0.6) is 0 Å². The van der Waals surface area contributed by atoms with Crippen molar-refractivity contribution >= 4 is 0 Å². The summed E-state index contributed by atoms with van der Waals surface area (Å²) in [6.45, 7) is 8.40. The molecule has 0 aliphatic carbocycles. The average Bonchev–Trinajstić information content (AvgIpc) is 2.60. The van der Waals surface area contributed by atoms with Crippen LogP contribution in [-0.4, -0.2) is 27.6 Å². The van der Waals surface area contributed by atoms with Crippen LogP contribution in [0, 0.1) is 0 Å². The Bertz CT molecular complexity index is 254. The summed E-state index contributed by atoms with van der Waals surface area (Å²) in [7, 11) is 0. The van der Waals surface area contributed by atoms with E-state index in [4.69, 9.17) is 0 Å². The van der Waals surface area contributed by atoms with Gasteiger partial charge in [0.1, 0.15) is 0 Å². The van der Waals surface area contributed by atoms with Crippen molar-refractivity contribution in [3.8, 4) is 0 Å². The van der Waals surface area contributed by atoms with Crippen molar-refractivity contribution in [3.63, 3.8) is 0 Å². The lowest BCUT2D eigenvalue weighted by atomic mass is 10.3. The number of hydrogen-bond acceptors (Lipinski definition) is 3. The monoisotopic (exact) mass is 196 g/mol. The fourth-order valence-corrected chi connectivity index (χ4v) is 1.24. The van der Waals surface area contributed by atoms with E-state index in [1.807, 2.05) is 10.9 Å². The molecule has 0 spiro atoms. The Kier molecular flexibility index (Phi) is 4.59. The van der Waals surface area contributed by atoms with Crippen LogP contribution >= 0.6 is 0 Å². The number of nitrogens with zero attached hydrogens (tertiary/aromatic N) is 3. The summed E-state index contributed by atoms with van der Waals surface area (Å²) >= 11 is 0. The topological polar surface area (TPSA) is 42.7 Å². The van der Waals surface area contributed by atoms with Crippen molar-refractivity contribution in [2.75, 3.05) is 6.54 Å². The maximum atomic E-state index is 4.04. The molecule has 0 aliphatic rings. The Hall–Kier alpha value is -0.900. The van der Waals surface area contributed by atoms with Crippen LogP contribution in [-0.2, 0) is 13.0 Å². The zero-order valence-corrected chi connectivity index (χ0v) is 9.32. The highest BCUT2D eigenvalue weighted by Gasteiger charge is 1.97. The summed E-state index contributed by atoms with van der Waals surface area (Å²) in [5.74, 6) is 0. The van der Waals surface area contributed by atoms with Crippen molar-refractivity contribution in [3.05, 3.63) is 11.9 Å². The first kappa shape index (κ1) is 11.2. The van der Waals surface area contributed by atoms with E-state index in [0.29, 0.717) is 6.04 Å². The highest BCUT2D eigenvalue weighted by molar-refractivity contribution is 4.90. The summed E-state index contributed by atoms with van der Waals surface area (Å²) in [6.07, 6.45) is 4.09. The highest BCUT2D eigenvalue weighted by Crippen LogP contribution is 1.94. The second kappa shape index (κ2) is 5.75. The van der Waals surface area contributed by atoms with Gasteiger partial charge in [0.05, 0.1) is 5.69 Å². The van der Waals surface area contributed by atoms with Gasteiger partial charge in [-0.25, -0.2) is 0 Å². The van der Waals surface area contributed by atoms with E-state index in [9.17, 15) is 0 Å². The Balaban J connectivity index is 2.18. The minimum atomic E-state index is 0.567.